The van der Waals surface area contributed by atoms with Crippen molar-refractivity contribution < 1.29 is 19.5 Å². The van der Waals surface area contributed by atoms with Crippen LogP contribution in [0.25, 0.3) is 0 Å². The van der Waals surface area contributed by atoms with Crippen LogP contribution in [0.1, 0.15) is 40.5 Å². The van der Waals surface area contributed by atoms with Crippen molar-refractivity contribution >= 4 is 45.4 Å². The highest BCUT2D eigenvalue weighted by Crippen LogP contribution is 2.68. The van der Waals surface area contributed by atoms with Gasteiger partial charge in [0.2, 0.25) is 17.7 Å². The molecule has 3 rings (SSSR count). The smallest absolute Gasteiger partial charge is 0.247 e. The second kappa shape index (κ2) is 10.3. The number of hydrogen-bond acceptors (Lipinski definition) is 5. The fourth-order valence-corrected chi connectivity index (χ4v) is 9.54. The van der Waals surface area contributed by atoms with E-state index in [0.29, 0.717) is 26.1 Å². The van der Waals surface area contributed by atoms with Gasteiger partial charge in [-0.2, -0.15) is 0 Å². The van der Waals surface area contributed by atoms with E-state index in [1.165, 1.54) is 0 Å². The molecule has 0 aliphatic carbocycles. The maximum absolute atomic E-state index is 14.1. The molecule has 3 saturated heterocycles. The number of aliphatic hydroxyl groups is 1. The molecule has 1 N–H and O–H groups in total. The van der Waals surface area contributed by atoms with Crippen molar-refractivity contribution in [3.63, 3.8) is 0 Å². The van der Waals surface area contributed by atoms with Gasteiger partial charge in [0.1, 0.15) is 6.04 Å². The molecule has 6 atom stereocenters. The summed E-state index contributed by atoms with van der Waals surface area (Å²) in [6.45, 7) is 16.8. The third kappa shape index (κ3) is 4.37. The minimum Gasteiger partial charge on any atom is -0.395 e. The van der Waals surface area contributed by atoms with Gasteiger partial charge in [0.25, 0.3) is 0 Å². The quantitative estimate of drug-likeness (QED) is 0.331. The third-order valence-corrected chi connectivity index (χ3v) is 10.4. The minimum atomic E-state index is -0.733. The van der Waals surface area contributed by atoms with Crippen LogP contribution < -0.4 is 0 Å². The summed E-state index contributed by atoms with van der Waals surface area (Å²) in [5.41, 5.74) is -0.472. The van der Waals surface area contributed by atoms with Gasteiger partial charge in [-0.25, -0.2) is 0 Å². The molecule has 190 valence electrons. The zero-order valence-electron chi connectivity index (χ0n) is 20.7. The van der Waals surface area contributed by atoms with E-state index in [-0.39, 0.29) is 41.0 Å². The van der Waals surface area contributed by atoms with E-state index in [2.05, 4.69) is 29.1 Å². The van der Waals surface area contributed by atoms with Gasteiger partial charge in [-0.15, -0.1) is 24.9 Å². The van der Waals surface area contributed by atoms with Crippen LogP contribution in [0.5, 0.6) is 0 Å². The molecular weight excluding hydrogens is 518 g/mol. The lowest BCUT2D eigenvalue weighted by molar-refractivity contribution is -0.146. The topological polar surface area (TPSA) is 81.2 Å². The summed E-state index contributed by atoms with van der Waals surface area (Å²) in [6.07, 6.45) is 4.85. The lowest BCUT2D eigenvalue weighted by Crippen LogP contribution is -2.59. The van der Waals surface area contributed by atoms with Crippen molar-refractivity contribution in [3.8, 4) is 0 Å². The Kier molecular flexibility index (Phi) is 8.30. The van der Waals surface area contributed by atoms with E-state index < -0.39 is 28.2 Å². The van der Waals surface area contributed by atoms with Crippen molar-refractivity contribution in [1.29, 1.82) is 0 Å². The first-order valence-corrected chi connectivity index (χ1v) is 13.8. The minimum absolute atomic E-state index is 0.0228. The van der Waals surface area contributed by atoms with Gasteiger partial charge in [-0.3, -0.25) is 14.4 Å². The highest BCUT2D eigenvalue weighted by atomic mass is 79.9. The van der Waals surface area contributed by atoms with E-state index >= 15 is 0 Å². The van der Waals surface area contributed by atoms with Gasteiger partial charge in [0.05, 0.1) is 23.2 Å². The molecule has 0 aromatic carbocycles. The number of thioether (sulfide) groups is 1. The number of rotatable bonds is 10. The molecule has 9 heteroatoms. The number of β-amino-alcohol motifs (C(OH)–C–C–N with tert-alkyl or cyclic N) is 1. The predicted octanol–water partition coefficient (Wildman–Crippen LogP) is 2.68. The predicted molar refractivity (Wildman–Crippen MR) is 140 cm³/mol. The normalized spacial score (nSPS) is 32.0. The zero-order valence-corrected chi connectivity index (χ0v) is 23.1. The molecule has 3 unspecified atom stereocenters. The Morgan fingerprint density at radius 3 is 2.44 bits per heavy atom. The number of nitrogens with zero attached hydrogens (tertiary/aromatic N) is 3. The van der Waals surface area contributed by atoms with E-state index in [9.17, 15) is 19.5 Å². The number of fused-ring (bicyclic) bond motifs is 1. The number of aliphatic hydroxyl groups excluding tert-OH is 1. The average Bonchev–Trinajstić information content (AvgIpc) is 3.34. The largest absolute Gasteiger partial charge is 0.395 e. The molecule has 0 aromatic heterocycles. The summed E-state index contributed by atoms with van der Waals surface area (Å²) < 4.78 is -0.709. The fraction of sp³-hybridized carbons (Fsp3) is 0.720. The average molecular weight is 557 g/mol. The molecule has 0 aromatic rings. The summed E-state index contributed by atoms with van der Waals surface area (Å²) in [4.78, 5) is 46.9. The molecule has 7 nitrogen and oxygen atoms in total. The van der Waals surface area contributed by atoms with Gasteiger partial charge < -0.3 is 19.8 Å². The monoisotopic (exact) mass is 555 g/mol. The first kappa shape index (κ1) is 27.3. The molecule has 3 amide bonds. The second-order valence-electron chi connectivity index (χ2n) is 10.4. The molecule has 0 radical (unpaired) electrons. The first-order chi connectivity index (χ1) is 16.0. The fourth-order valence-electron chi connectivity index (χ4n) is 5.94. The molecule has 3 fully saturated rings. The van der Waals surface area contributed by atoms with Crippen molar-refractivity contribution in [1.82, 2.24) is 14.7 Å². The summed E-state index contributed by atoms with van der Waals surface area (Å²) in [5, 5.41) is 9.71. The Bertz CT molecular complexity index is 847. The van der Waals surface area contributed by atoms with E-state index in [1.807, 2.05) is 27.7 Å². The summed E-state index contributed by atoms with van der Waals surface area (Å²) in [6, 6.07) is -0.733. The molecule has 2 bridgehead atoms. The van der Waals surface area contributed by atoms with Crippen molar-refractivity contribution in [2.45, 2.75) is 66.9 Å². The maximum atomic E-state index is 14.1. The number of amides is 3. The molecule has 0 saturated carbocycles. The number of halogens is 1. The van der Waals surface area contributed by atoms with Crippen LogP contribution in [0.3, 0.4) is 0 Å². The Labute approximate surface area is 216 Å². The highest BCUT2D eigenvalue weighted by Gasteiger charge is 2.76. The van der Waals surface area contributed by atoms with E-state index in [0.717, 1.165) is 6.42 Å². The summed E-state index contributed by atoms with van der Waals surface area (Å²) in [5.74, 6) is -1.47. The van der Waals surface area contributed by atoms with Crippen LogP contribution in [-0.4, -0.2) is 96.7 Å². The van der Waals surface area contributed by atoms with Crippen LogP contribution in [0.15, 0.2) is 25.3 Å². The van der Waals surface area contributed by atoms with Crippen LogP contribution in [0.2, 0.25) is 0 Å². The third-order valence-electron chi connectivity index (χ3n) is 7.19. The Morgan fingerprint density at radius 1 is 1.26 bits per heavy atom. The lowest BCUT2D eigenvalue weighted by Gasteiger charge is -2.42. The van der Waals surface area contributed by atoms with Gasteiger partial charge in [-0.05, 0) is 33.6 Å². The Morgan fingerprint density at radius 2 is 1.91 bits per heavy atom. The molecule has 3 heterocycles. The molecule has 34 heavy (non-hydrogen) atoms. The standard InChI is InChI=1S/C25H38BrN3O4S/c1-7-10-27(11-8-2)21(31)17-18-22(32)28(13-14-30)20(25(18)15-16(26)19(17)34-25)23(33)29(12-9-3)24(4,5)6/h7,9,16-20,30H,1,3,8,10-15H2,2,4-6H3/t16?,17-,18+,19-,20?,25?/m1/s1. The number of carbonyl (C=O) groups is 3. The zero-order chi connectivity index (χ0) is 25.4. The van der Waals surface area contributed by atoms with Crippen molar-refractivity contribution in [3.05, 3.63) is 25.3 Å². The highest BCUT2D eigenvalue weighted by molar-refractivity contribution is 9.09. The van der Waals surface area contributed by atoms with Crippen molar-refractivity contribution in [2.24, 2.45) is 11.8 Å². The summed E-state index contributed by atoms with van der Waals surface area (Å²) in [7, 11) is 0. The maximum Gasteiger partial charge on any atom is 0.247 e. The number of carbonyl (C=O) groups excluding carboxylic acids is 3. The van der Waals surface area contributed by atoms with E-state index in [4.69, 9.17) is 0 Å². The van der Waals surface area contributed by atoms with Crippen LogP contribution in [-0.2, 0) is 14.4 Å². The van der Waals surface area contributed by atoms with Crippen LogP contribution >= 0.6 is 27.7 Å². The van der Waals surface area contributed by atoms with Gasteiger partial charge in [0.15, 0.2) is 0 Å². The van der Waals surface area contributed by atoms with Crippen LogP contribution in [0.4, 0.5) is 0 Å². The molecular formula is C25H38BrN3O4S. The van der Waals surface area contributed by atoms with Gasteiger partial charge in [-0.1, -0.05) is 35.0 Å². The molecule has 3 aliphatic heterocycles. The number of likely N-dealkylation sites (tertiary alicyclic amines) is 1. The van der Waals surface area contributed by atoms with E-state index in [1.54, 1.807) is 38.6 Å². The molecule has 3 aliphatic rings. The SMILES string of the molecule is C=CCN(CCC)C(=O)[C@H]1[C@@H]2SC3(CC2Br)C(C(=O)N(CC=C)C(C)(C)C)N(CCO)C(=O)[C@H]13. The second-order valence-corrected chi connectivity index (χ2v) is 13.1. The Hall–Kier alpha value is -1.32. The Balaban J connectivity index is 2.08. The van der Waals surface area contributed by atoms with Crippen LogP contribution in [0, 0.1) is 11.8 Å². The summed E-state index contributed by atoms with van der Waals surface area (Å²) >= 11 is 5.42. The molecule has 1 spiro atoms. The van der Waals surface area contributed by atoms with Gasteiger partial charge in [0, 0.05) is 41.8 Å². The number of alkyl halides is 1. The first-order valence-electron chi connectivity index (χ1n) is 12.0. The number of hydrogen-bond donors (Lipinski definition) is 1. The van der Waals surface area contributed by atoms with Crippen molar-refractivity contribution in [2.75, 3.05) is 32.8 Å². The van der Waals surface area contributed by atoms with Gasteiger partial charge >= 0.3 is 0 Å². The lowest BCUT2D eigenvalue weighted by atomic mass is 9.70.